The normalized spacial score (nSPS) is 16.7. The second-order valence-corrected chi connectivity index (χ2v) is 7.48. The predicted molar refractivity (Wildman–Crippen MR) is 111 cm³/mol. The number of carbonyl (C=O) groups excluding carboxylic acids is 2. The smallest absolute Gasteiger partial charge is 0.255 e. The number of benzene rings is 1. The Morgan fingerprint density at radius 2 is 1.86 bits per heavy atom. The van der Waals surface area contributed by atoms with E-state index >= 15 is 0 Å². The molecule has 1 N–H and O–H groups in total. The zero-order chi connectivity index (χ0) is 20.2. The van der Waals surface area contributed by atoms with Gasteiger partial charge in [0.15, 0.2) is 5.82 Å². The summed E-state index contributed by atoms with van der Waals surface area (Å²) in [5.74, 6) is 1.34. The highest BCUT2D eigenvalue weighted by Gasteiger charge is 2.27. The van der Waals surface area contributed by atoms with E-state index in [0.717, 1.165) is 37.2 Å². The summed E-state index contributed by atoms with van der Waals surface area (Å²) in [5, 5.41) is 3.05. The minimum absolute atomic E-state index is 0.00961. The Morgan fingerprint density at radius 3 is 2.55 bits per heavy atom. The fourth-order valence-corrected chi connectivity index (χ4v) is 3.84. The van der Waals surface area contributed by atoms with Crippen LogP contribution in [0.25, 0.3) is 0 Å². The number of methoxy groups -OCH3 is 1. The van der Waals surface area contributed by atoms with Crippen molar-refractivity contribution in [1.29, 1.82) is 0 Å². The molecule has 7 heteroatoms. The number of likely N-dealkylation sites (tertiary alicyclic amines) is 1. The Morgan fingerprint density at radius 1 is 1.14 bits per heavy atom. The van der Waals surface area contributed by atoms with E-state index in [-0.39, 0.29) is 18.4 Å². The number of carbonyl (C=O) groups is 2. The van der Waals surface area contributed by atoms with Gasteiger partial charge in [-0.2, -0.15) is 0 Å². The number of aromatic nitrogens is 1. The highest BCUT2D eigenvalue weighted by molar-refractivity contribution is 6.04. The van der Waals surface area contributed by atoms with Crippen molar-refractivity contribution < 1.29 is 14.3 Å². The maximum atomic E-state index is 13.0. The van der Waals surface area contributed by atoms with E-state index in [9.17, 15) is 9.59 Å². The minimum Gasteiger partial charge on any atom is -0.497 e. The van der Waals surface area contributed by atoms with E-state index in [4.69, 9.17) is 4.74 Å². The van der Waals surface area contributed by atoms with Crippen LogP contribution in [0, 0.1) is 0 Å². The number of anilines is 2. The van der Waals surface area contributed by atoms with Crippen LogP contribution in [-0.4, -0.2) is 48.4 Å². The molecule has 1 saturated heterocycles. The first-order valence-corrected chi connectivity index (χ1v) is 10.1. The molecule has 2 aromatic rings. The third kappa shape index (κ3) is 4.18. The summed E-state index contributed by atoms with van der Waals surface area (Å²) in [4.78, 5) is 33.7. The van der Waals surface area contributed by atoms with E-state index in [2.05, 4.69) is 10.3 Å². The van der Waals surface area contributed by atoms with Crippen LogP contribution >= 0.6 is 0 Å². The maximum absolute atomic E-state index is 13.0. The van der Waals surface area contributed by atoms with E-state index in [1.807, 2.05) is 29.2 Å². The van der Waals surface area contributed by atoms with Gasteiger partial charge in [-0.1, -0.05) is 25.0 Å². The van der Waals surface area contributed by atoms with Crippen molar-refractivity contribution >= 4 is 23.3 Å². The fourth-order valence-electron chi connectivity index (χ4n) is 3.84. The average Bonchev–Trinajstić information content (AvgIpc) is 3.05. The lowest BCUT2D eigenvalue weighted by atomic mass is 10.1. The van der Waals surface area contributed by atoms with Gasteiger partial charge in [0, 0.05) is 19.3 Å². The van der Waals surface area contributed by atoms with Crippen molar-refractivity contribution in [2.45, 2.75) is 32.2 Å². The molecular weight excluding hydrogens is 368 g/mol. The predicted octanol–water partition coefficient (Wildman–Crippen LogP) is 3.07. The molecule has 1 aromatic heterocycles. The Hall–Kier alpha value is -3.09. The first-order chi connectivity index (χ1) is 14.2. The monoisotopic (exact) mass is 394 g/mol. The molecule has 0 spiro atoms. The largest absolute Gasteiger partial charge is 0.497 e. The quantitative estimate of drug-likeness (QED) is 0.863. The van der Waals surface area contributed by atoms with Crippen molar-refractivity contribution in [1.82, 2.24) is 9.88 Å². The van der Waals surface area contributed by atoms with Crippen LogP contribution in [0.4, 0.5) is 11.5 Å². The zero-order valence-corrected chi connectivity index (χ0v) is 16.7. The van der Waals surface area contributed by atoms with Crippen LogP contribution < -0.4 is 15.0 Å². The Kier molecular flexibility index (Phi) is 5.64. The van der Waals surface area contributed by atoms with Crippen molar-refractivity contribution in [2.24, 2.45) is 0 Å². The topological polar surface area (TPSA) is 74.8 Å². The molecule has 0 aliphatic carbocycles. The molecule has 7 nitrogen and oxygen atoms in total. The van der Waals surface area contributed by atoms with Gasteiger partial charge in [0.1, 0.15) is 5.75 Å². The van der Waals surface area contributed by atoms with Gasteiger partial charge in [0.05, 0.1) is 31.5 Å². The molecule has 2 aliphatic heterocycles. The van der Waals surface area contributed by atoms with E-state index < -0.39 is 0 Å². The summed E-state index contributed by atoms with van der Waals surface area (Å²) >= 11 is 0. The third-order valence-electron chi connectivity index (χ3n) is 5.51. The van der Waals surface area contributed by atoms with Gasteiger partial charge in [0.2, 0.25) is 5.91 Å². The zero-order valence-electron chi connectivity index (χ0n) is 16.7. The average molecular weight is 394 g/mol. The first-order valence-electron chi connectivity index (χ1n) is 10.1. The van der Waals surface area contributed by atoms with Crippen molar-refractivity contribution in [2.75, 3.05) is 37.0 Å². The molecule has 2 amide bonds. The number of hydrogen-bond acceptors (Lipinski definition) is 5. The number of pyridine rings is 1. The van der Waals surface area contributed by atoms with Crippen LogP contribution in [0.15, 0.2) is 36.5 Å². The Labute approximate surface area is 170 Å². The molecular formula is C22H26N4O3. The van der Waals surface area contributed by atoms with E-state index in [1.54, 1.807) is 24.3 Å². The highest BCUT2D eigenvalue weighted by atomic mass is 16.5. The third-order valence-corrected chi connectivity index (χ3v) is 5.51. The van der Waals surface area contributed by atoms with E-state index in [1.165, 1.54) is 12.8 Å². The van der Waals surface area contributed by atoms with Gasteiger partial charge in [0.25, 0.3) is 5.91 Å². The molecule has 4 rings (SSSR count). The second-order valence-electron chi connectivity index (χ2n) is 7.48. The number of amides is 2. The molecule has 3 heterocycles. The Bertz CT molecular complexity index is 889. The van der Waals surface area contributed by atoms with Gasteiger partial charge < -0.3 is 19.9 Å². The number of fused-ring (bicyclic) bond motifs is 1. The molecule has 0 saturated carbocycles. The lowest BCUT2D eigenvalue weighted by Crippen LogP contribution is -2.40. The summed E-state index contributed by atoms with van der Waals surface area (Å²) in [6.07, 6.45) is 6.02. The Balaban J connectivity index is 1.60. The summed E-state index contributed by atoms with van der Waals surface area (Å²) in [6.45, 7) is 2.17. The van der Waals surface area contributed by atoms with Gasteiger partial charge in [-0.25, -0.2) is 4.98 Å². The van der Waals surface area contributed by atoms with Crippen molar-refractivity contribution in [3.63, 3.8) is 0 Å². The van der Waals surface area contributed by atoms with Crippen LogP contribution in [0.3, 0.4) is 0 Å². The summed E-state index contributed by atoms with van der Waals surface area (Å²) in [7, 11) is 1.62. The van der Waals surface area contributed by atoms with Gasteiger partial charge in [-0.05, 0) is 36.6 Å². The summed E-state index contributed by atoms with van der Waals surface area (Å²) < 4.78 is 5.20. The van der Waals surface area contributed by atoms with E-state index in [0.29, 0.717) is 23.6 Å². The molecule has 0 bridgehead atoms. The van der Waals surface area contributed by atoms with Crippen LogP contribution in [-0.2, 0) is 11.3 Å². The molecule has 152 valence electrons. The van der Waals surface area contributed by atoms with Crippen LogP contribution in [0.1, 0.15) is 41.6 Å². The molecule has 0 radical (unpaired) electrons. The number of hydrogen-bond donors (Lipinski definition) is 1. The van der Waals surface area contributed by atoms with Crippen LogP contribution in [0.5, 0.6) is 5.75 Å². The summed E-state index contributed by atoms with van der Waals surface area (Å²) in [5.41, 5.74) is 2.16. The SMILES string of the molecule is COc1ccc(CN2C(=O)CNc3ncc(C(=O)N4CCCCCC4)cc32)cc1. The first kappa shape index (κ1) is 19.2. The lowest BCUT2D eigenvalue weighted by Gasteiger charge is -2.30. The number of ether oxygens (including phenoxy) is 1. The van der Waals surface area contributed by atoms with Gasteiger partial charge >= 0.3 is 0 Å². The van der Waals surface area contributed by atoms with Gasteiger partial charge in [-0.15, -0.1) is 0 Å². The molecule has 29 heavy (non-hydrogen) atoms. The maximum Gasteiger partial charge on any atom is 0.255 e. The van der Waals surface area contributed by atoms with Crippen molar-refractivity contribution in [3.05, 3.63) is 47.7 Å². The number of rotatable bonds is 4. The molecule has 1 fully saturated rings. The molecule has 2 aliphatic rings. The standard InChI is InChI=1S/C22H26N4O3/c1-29-18-8-6-16(7-9-18)15-26-19-12-17(13-23-21(19)24-14-20(26)27)22(28)25-10-4-2-3-5-11-25/h6-9,12-13H,2-5,10-11,14-15H2,1H3,(H,23,24). The lowest BCUT2D eigenvalue weighted by molar-refractivity contribution is -0.117. The molecule has 1 aromatic carbocycles. The summed E-state index contributed by atoms with van der Waals surface area (Å²) in [6, 6.07) is 9.42. The fraction of sp³-hybridized carbons (Fsp3) is 0.409. The van der Waals surface area contributed by atoms with Crippen molar-refractivity contribution in [3.8, 4) is 5.75 Å². The molecule has 0 unspecified atom stereocenters. The molecule has 0 atom stereocenters. The number of nitrogens with one attached hydrogen (secondary N) is 1. The van der Waals surface area contributed by atoms with Gasteiger partial charge in [-0.3, -0.25) is 9.59 Å². The van der Waals surface area contributed by atoms with Crippen LogP contribution in [0.2, 0.25) is 0 Å². The second kappa shape index (κ2) is 8.51. The number of nitrogens with zero attached hydrogens (tertiary/aromatic N) is 3. The minimum atomic E-state index is -0.0468. The highest BCUT2D eigenvalue weighted by Crippen LogP contribution is 2.30.